The molecule has 0 aliphatic carbocycles. The van der Waals surface area contributed by atoms with Crippen molar-refractivity contribution in [3.8, 4) is 5.75 Å². The first-order valence-electron chi connectivity index (χ1n) is 5.56. The van der Waals surface area contributed by atoms with Gasteiger partial charge in [0.1, 0.15) is 5.75 Å². The maximum absolute atomic E-state index is 5.74. The molecule has 86 valence electrons. The molecule has 0 amide bonds. The van der Waals surface area contributed by atoms with Crippen LogP contribution < -0.4 is 4.74 Å². The van der Waals surface area contributed by atoms with E-state index in [0.29, 0.717) is 6.61 Å². The van der Waals surface area contributed by atoms with Crippen LogP contribution in [0.5, 0.6) is 5.75 Å². The summed E-state index contributed by atoms with van der Waals surface area (Å²) < 4.78 is 7.06. The molecular formula is C13H17NOS. The Bertz CT molecular complexity index is 543. The summed E-state index contributed by atoms with van der Waals surface area (Å²) in [6, 6.07) is 0. The number of aryl methyl sites for hydroxylation is 4. The highest BCUT2D eigenvalue weighted by Crippen LogP contribution is 2.40. The van der Waals surface area contributed by atoms with Crippen LogP contribution in [-0.4, -0.2) is 11.6 Å². The standard InChI is InChI=1S/C13H17NOS/c1-6-15-12-10(5)16-13-7(2)8(3)14-9(4)11(12)13/h6H2,1-5H3. The van der Waals surface area contributed by atoms with Crippen LogP contribution in [0.25, 0.3) is 10.1 Å². The van der Waals surface area contributed by atoms with E-state index in [0.717, 1.165) is 17.1 Å². The summed E-state index contributed by atoms with van der Waals surface area (Å²) in [4.78, 5) is 5.83. The molecule has 0 bridgehead atoms. The number of fused-ring (bicyclic) bond motifs is 1. The maximum Gasteiger partial charge on any atom is 0.142 e. The summed E-state index contributed by atoms with van der Waals surface area (Å²) in [5.41, 5.74) is 3.47. The fraction of sp³-hybridized carbons (Fsp3) is 0.462. The molecule has 0 aliphatic heterocycles. The predicted octanol–water partition coefficient (Wildman–Crippen LogP) is 3.93. The molecule has 0 aromatic carbocycles. The number of hydrogen-bond donors (Lipinski definition) is 0. The van der Waals surface area contributed by atoms with Crippen LogP contribution in [0.1, 0.15) is 28.8 Å². The average molecular weight is 235 g/mol. The first-order valence-corrected chi connectivity index (χ1v) is 6.37. The minimum Gasteiger partial charge on any atom is -0.492 e. The number of ether oxygens (including phenoxy) is 1. The first-order chi connectivity index (χ1) is 7.56. The lowest BCUT2D eigenvalue weighted by Crippen LogP contribution is -1.95. The van der Waals surface area contributed by atoms with Crippen molar-refractivity contribution in [2.24, 2.45) is 0 Å². The molecule has 0 atom stereocenters. The van der Waals surface area contributed by atoms with Gasteiger partial charge in [-0.2, -0.15) is 0 Å². The van der Waals surface area contributed by atoms with Gasteiger partial charge in [0.25, 0.3) is 0 Å². The number of nitrogens with zero attached hydrogens (tertiary/aromatic N) is 1. The van der Waals surface area contributed by atoms with E-state index in [9.17, 15) is 0 Å². The van der Waals surface area contributed by atoms with Gasteiger partial charge in [0.15, 0.2) is 0 Å². The monoisotopic (exact) mass is 235 g/mol. The molecule has 16 heavy (non-hydrogen) atoms. The molecule has 0 spiro atoms. The molecule has 2 aromatic rings. The van der Waals surface area contributed by atoms with E-state index < -0.39 is 0 Å². The van der Waals surface area contributed by atoms with Gasteiger partial charge in [-0.25, -0.2) is 0 Å². The van der Waals surface area contributed by atoms with E-state index in [4.69, 9.17) is 4.74 Å². The Labute approximate surface area is 100 Å². The van der Waals surface area contributed by atoms with Crippen LogP contribution in [0.2, 0.25) is 0 Å². The van der Waals surface area contributed by atoms with E-state index in [1.54, 1.807) is 0 Å². The van der Waals surface area contributed by atoms with Gasteiger partial charge < -0.3 is 4.74 Å². The van der Waals surface area contributed by atoms with Crippen LogP contribution >= 0.6 is 11.3 Å². The van der Waals surface area contributed by atoms with Crippen LogP contribution in [0.4, 0.5) is 0 Å². The molecule has 0 aliphatic rings. The molecule has 0 N–H and O–H groups in total. The minimum atomic E-state index is 0.707. The highest BCUT2D eigenvalue weighted by atomic mass is 32.1. The van der Waals surface area contributed by atoms with E-state index in [1.165, 1.54) is 20.5 Å². The lowest BCUT2D eigenvalue weighted by molar-refractivity contribution is 0.343. The van der Waals surface area contributed by atoms with Crippen LogP contribution in [0.15, 0.2) is 0 Å². The van der Waals surface area contributed by atoms with Crippen molar-refractivity contribution in [3.63, 3.8) is 0 Å². The number of hydrogen-bond acceptors (Lipinski definition) is 3. The topological polar surface area (TPSA) is 22.1 Å². The highest BCUT2D eigenvalue weighted by molar-refractivity contribution is 7.19. The second-order valence-corrected chi connectivity index (χ2v) is 5.26. The number of pyridine rings is 1. The molecule has 0 saturated heterocycles. The average Bonchev–Trinajstić information content (AvgIpc) is 2.54. The van der Waals surface area contributed by atoms with Gasteiger partial charge in [-0.3, -0.25) is 4.98 Å². The first kappa shape index (κ1) is 11.4. The van der Waals surface area contributed by atoms with Crippen molar-refractivity contribution in [2.75, 3.05) is 6.61 Å². The van der Waals surface area contributed by atoms with Crippen molar-refractivity contribution in [3.05, 3.63) is 21.8 Å². The van der Waals surface area contributed by atoms with Crippen LogP contribution in [0.3, 0.4) is 0 Å². The van der Waals surface area contributed by atoms with Gasteiger partial charge in [0.2, 0.25) is 0 Å². The zero-order valence-corrected chi connectivity index (χ0v) is 11.3. The van der Waals surface area contributed by atoms with Gasteiger partial charge >= 0.3 is 0 Å². The molecule has 2 rings (SSSR count). The van der Waals surface area contributed by atoms with Crippen molar-refractivity contribution in [1.82, 2.24) is 4.98 Å². The molecule has 2 heterocycles. The largest absolute Gasteiger partial charge is 0.492 e. The zero-order valence-electron chi connectivity index (χ0n) is 10.5. The molecule has 0 fully saturated rings. The van der Waals surface area contributed by atoms with Crippen molar-refractivity contribution < 1.29 is 4.74 Å². The van der Waals surface area contributed by atoms with Gasteiger partial charge in [-0.15, -0.1) is 11.3 Å². The Balaban J connectivity index is 2.83. The lowest BCUT2D eigenvalue weighted by atomic mass is 10.1. The van der Waals surface area contributed by atoms with Gasteiger partial charge in [0.05, 0.1) is 12.0 Å². The van der Waals surface area contributed by atoms with Gasteiger partial charge in [0, 0.05) is 21.0 Å². The Morgan fingerprint density at radius 3 is 2.44 bits per heavy atom. The Hall–Kier alpha value is -1.09. The molecular weight excluding hydrogens is 218 g/mol. The quantitative estimate of drug-likeness (QED) is 0.787. The van der Waals surface area contributed by atoms with Crippen molar-refractivity contribution in [2.45, 2.75) is 34.6 Å². The molecule has 3 heteroatoms. The third-order valence-electron chi connectivity index (χ3n) is 2.90. The second-order valence-electron chi connectivity index (χ2n) is 4.03. The normalized spacial score (nSPS) is 11.1. The fourth-order valence-electron chi connectivity index (χ4n) is 2.00. The summed E-state index contributed by atoms with van der Waals surface area (Å²) >= 11 is 1.81. The summed E-state index contributed by atoms with van der Waals surface area (Å²) in [5.74, 6) is 1.02. The highest BCUT2D eigenvalue weighted by Gasteiger charge is 2.16. The van der Waals surface area contributed by atoms with E-state index >= 15 is 0 Å². The predicted molar refractivity (Wildman–Crippen MR) is 69.7 cm³/mol. The SMILES string of the molecule is CCOc1c(C)sc2c(C)c(C)nc(C)c12. The van der Waals surface area contributed by atoms with Gasteiger partial charge in [-0.1, -0.05) is 0 Å². The van der Waals surface area contributed by atoms with Crippen LogP contribution in [0, 0.1) is 27.7 Å². The summed E-state index contributed by atoms with van der Waals surface area (Å²) in [7, 11) is 0. The molecule has 2 aromatic heterocycles. The maximum atomic E-state index is 5.74. The minimum absolute atomic E-state index is 0.707. The fourth-order valence-corrected chi connectivity index (χ4v) is 3.20. The number of aromatic nitrogens is 1. The van der Waals surface area contributed by atoms with E-state index in [1.807, 2.05) is 18.3 Å². The van der Waals surface area contributed by atoms with Crippen LogP contribution in [-0.2, 0) is 0 Å². The Morgan fingerprint density at radius 2 is 1.81 bits per heavy atom. The molecule has 0 unspecified atom stereocenters. The number of thiophene rings is 1. The smallest absolute Gasteiger partial charge is 0.142 e. The zero-order chi connectivity index (χ0) is 11.9. The Morgan fingerprint density at radius 1 is 1.12 bits per heavy atom. The van der Waals surface area contributed by atoms with Gasteiger partial charge in [-0.05, 0) is 40.2 Å². The lowest BCUT2D eigenvalue weighted by Gasteiger charge is -2.07. The summed E-state index contributed by atoms with van der Waals surface area (Å²) in [6.07, 6.45) is 0. The Kier molecular flexibility index (Phi) is 2.89. The third-order valence-corrected chi connectivity index (χ3v) is 4.10. The molecule has 0 radical (unpaired) electrons. The van der Waals surface area contributed by atoms with Crippen molar-refractivity contribution in [1.29, 1.82) is 0 Å². The van der Waals surface area contributed by atoms with Crippen molar-refractivity contribution >= 4 is 21.4 Å². The van der Waals surface area contributed by atoms with E-state index in [-0.39, 0.29) is 0 Å². The molecule has 2 nitrogen and oxygen atoms in total. The number of rotatable bonds is 2. The summed E-state index contributed by atoms with van der Waals surface area (Å²) in [6.45, 7) is 11.1. The third kappa shape index (κ3) is 1.59. The second kappa shape index (κ2) is 4.06. The van der Waals surface area contributed by atoms with E-state index in [2.05, 4.69) is 32.7 Å². The molecule has 0 saturated carbocycles. The summed E-state index contributed by atoms with van der Waals surface area (Å²) in [5, 5.41) is 1.20.